The van der Waals surface area contributed by atoms with Gasteiger partial charge in [-0.25, -0.2) is 0 Å². The summed E-state index contributed by atoms with van der Waals surface area (Å²) in [5.41, 5.74) is 4.60. The van der Waals surface area contributed by atoms with Crippen molar-refractivity contribution in [1.29, 1.82) is 0 Å². The number of nitrogens with zero attached hydrogens (tertiary/aromatic N) is 2. The number of carbonyl (C=O) groups excluding carboxylic acids is 3. The molecule has 0 aliphatic carbocycles. The third-order valence-corrected chi connectivity index (χ3v) is 4.75. The minimum absolute atomic E-state index is 0.140. The molecule has 1 fully saturated rings. The standard InChI is InChI=1S/C21H23N3O3/c1-14-5-4-6-17(11-14)22-19(25)13-23-9-10-24(21(27)20(23)26)18-8-7-15(2)16(3)12-18/h4-8,11-12H,9-10,13H2,1-3H3,(H,22,25). The number of carbonyl (C=O) groups is 3. The summed E-state index contributed by atoms with van der Waals surface area (Å²) >= 11 is 0. The highest BCUT2D eigenvalue weighted by Crippen LogP contribution is 2.21. The van der Waals surface area contributed by atoms with E-state index >= 15 is 0 Å². The number of piperazine rings is 1. The molecule has 0 unspecified atom stereocenters. The molecule has 0 radical (unpaired) electrons. The number of aryl methyl sites for hydroxylation is 3. The molecule has 3 rings (SSSR count). The lowest BCUT2D eigenvalue weighted by molar-refractivity contribution is -0.147. The van der Waals surface area contributed by atoms with Crippen LogP contribution in [0.4, 0.5) is 11.4 Å². The van der Waals surface area contributed by atoms with Gasteiger partial charge >= 0.3 is 11.8 Å². The zero-order chi connectivity index (χ0) is 19.6. The quantitative estimate of drug-likeness (QED) is 0.846. The Hall–Kier alpha value is -3.15. The van der Waals surface area contributed by atoms with Gasteiger partial charge in [0.05, 0.1) is 0 Å². The average molecular weight is 365 g/mol. The van der Waals surface area contributed by atoms with E-state index in [1.165, 1.54) is 9.80 Å². The van der Waals surface area contributed by atoms with Crippen molar-refractivity contribution in [2.45, 2.75) is 20.8 Å². The molecule has 2 aromatic carbocycles. The SMILES string of the molecule is Cc1cccc(NC(=O)CN2CCN(c3ccc(C)c(C)c3)C(=O)C2=O)c1. The number of hydrogen-bond donors (Lipinski definition) is 1. The lowest BCUT2D eigenvalue weighted by Crippen LogP contribution is -2.56. The van der Waals surface area contributed by atoms with Gasteiger partial charge in [0.15, 0.2) is 0 Å². The minimum Gasteiger partial charge on any atom is -0.325 e. The molecule has 1 N–H and O–H groups in total. The highest BCUT2D eigenvalue weighted by molar-refractivity contribution is 6.41. The second-order valence-electron chi connectivity index (χ2n) is 6.87. The van der Waals surface area contributed by atoms with Gasteiger partial charge in [-0.05, 0) is 61.7 Å². The normalized spacial score (nSPS) is 14.5. The maximum Gasteiger partial charge on any atom is 0.316 e. The molecular weight excluding hydrogens is 342 g/mol. The molecule has 0 spiro atoms. The molecule has 140 valence electrons. The van der Waals surface area contributed by atoms with Crippen molar-refractivity contribution in [2.24, 2.45) is 0 Å². The van der Waals surface area contributed by atoms with E-state index in [4.69, 9.17) is 0 Å². The number of rotatable bonds is 4. The molecular formula is C21H23N3O3. The summed E-state index contributed by atoms with van der Waals surface area (Å²) < 4.78 is 0. The zero-order valence-corrected chi connectivity index (χ0v) is 15.8. The van der Waals surface area contributed by atoms with Crippen LogP contribution in [-0.2, 0) is 14.4 Å². The van der Waals surface area contributed by atoms with Crippen LogP contribution >= 0.6 is 0 Å². The van der Waals surface area contributed by atoms with Gasteiger partial charge in [-0.15, -0.1) is 0 Å². The molecule has 6 heteroatoms. The van der Waals surface area contributed by atoms with Crippen LogP contribution in [0.25, 0.3) is 0 Å². The predicted octanol–water partition coefficient (Wildman–Crippen LogP) is 2.43. The molecule has 27 heavy (non-hydrogen) atoms. The molecule has 1 aliphatic heterocycles. The second-order valence-corrected chi connectivity index (χ2v) is 6.87. The van der Waals surface area contributed by atoms with Crippen LogP contribution in [0, 0.1) is 20.8 Å². The van der Waals surface area contributed by atoms with Crippen LogP contribution in [0.1, 0.15) is 16.7 Å². The third kappa shape index (κ3) is 4.16. The van der Waals surface area contributed by atoms with Gasteiger partial charge in [-0.3, -0.25) is 14.4 Å². The fourth-order valence-electron chi connectivity index (χ4n) is 3.06. The van der Waals surface area contributed by atoms with Crippen molar-refractivity contribution in [3.63, 3.8) is 0 Å². The van der Waals surface area contributed by atoms with Crippen molar-refractivity contribution in [3.8, 4) is 0 Å². The maximum atomic E-state index is 12.5. The van der Waals surface area contributed by atoms with Gasteiger partial charge in [0.1, 0.15) is 6.54 Å². The molecule has 1 heterocycles. The molecule has 2 aromatic rings. The van der Waals surface area contributed by atoms with E-state index < -0.39 is 11.8 Å². The smallest absolute Gasteiger partial charge is 0.316 e. The molecule has 1 saturated heterocycles. The molecule has 0 bridgehead atoms. The topological polar surface area (TPSA) is 69.7 Å². The van der Waals surface area contributed by atoms with E-state index in [0.29, 0.717) is 24.5 Å². The predicted molar refractivity (Wildman–Crippen MR) is 105 cm³/mol. The largest absolute Gasteiger partial charge is 0.325 e. The Kier molecular flexibility index (Phi) is 5.26. The number of nitrogens with one attached hydrogen (secondary N) is 1. The fourth-order valence-corrected chi connectivity index (χ4v) is 3.06. The van der Waals surface area contributed by atoms with Crippen LogP contribution in [0.2, 0.25) is 0 Å². The van der Waals surface area contributed by atoms with Crippen LogP contribution in [0.15, 0.2) is 42.5 Å². The first-order valence-corrected chi connectivity index (χ1v) is 8.89. The Bertz CT molecular complexity index is 907. The molecule has 0 saturated carbocycles. The molecule has 3 amide bonds. The van der Waals surface area contributed by atoms with Crippen LogP contribution in [0.5, 0.6) is 0 Å². The third-order valence-electron chi connectivity index (χ3n) is 4.75. The Morgan fingerprint density at radius 1 is 0.963 bits per heavy atom. The highest BCUT2D eigenvalue weighted by atomic mass is 16.2. The number of benzene rings is 2. The lowest BCUT2D eigenvalue weighted by Gasteiger charge is -2.33. The Labute approximate surface area is 158 Å². The molecule has 1 aliphatic rings. The van der Waals surface area contributed by atoms with E-state index in [9.17, 15) is 14.4 Å². The first kappa shape index (κ1) is 18.6. The summed E-state index contributed by atoms with van der Waals surface area (Å²) in [6, 6.07) is 13.1. The Morgan fingerprint density at radius 2 is 1.74 bits per heavy atom. The number of anilines is 2. The monoisotopic (exact) mass is 365 g/mol. The van der Waals surface area contributed by atoms with Gasteiger partial charge in [0.2, 0.25) is 5.91 Å². The first-order valence-electron chi connectivity index (χ1n) is 8.89. The van der Waals surface area contributed by atoms with Crippen LogP contribution in [0.3, 0.4) is 0 Å². The van der Waals surface area contributed by atoms with Crippen molar-refractivity contribution in [3.05, 3.63) is 59.2 Å². The van der Waals surface area contributed by atoms with Gasteiger partial charge in [0, 0.05) is 24.5 Å². The summed E-state index contributed by atoms with van der Waals surface area (Å²) in [5, 5.41) is 2.76. The van der Waals surface area contributed by atoms with Crippen molar-refractivity contribution >= 4 is 29.1 Å². The number of amides is 3. The molecule has 0 aromatic heterocycles. The Balaban J connectivity index is 1.65. The van der Waals surface area contributed by atoms with Gasteiger partial charge in [-0.2, -0.15) is 0 Å². The second kappa shape index (κ2) is 7.61. The maximum absolute atomic E-state index is 12.5. The number of hydrogen-bond acceptors (Lipinski definition) is 3. The molecule has 6 nitrogen and oxygen atoms in total. The summed E-state index contributed by atoms with van der Waals surface area (Å²) in [5.74, 6) is -1.58. The van der Waals surface area contributed by atoms with Gasteiger partial charge in [-0.1, -0.05) is 18.2 Å². The minimum atomic E-state index is -0.654. The highest BCUT2D eigenvalue weighted by Gasteiger charge is 2.34. The van der Waals surface area contributed by atoms with Crippen LogP contribution in [-0.4, -0.2) is 42.3 Å². The zero-order valence-electron chi connectivity index (χ0n) is 15.8. The summed E-state index contributed by atoms with van der Waals surface area (Å²) in [6.45, 7) is 6.44. The summed E-state index contributed by atoms with van der Waals surface area (Å²) in [4.78, 5) is 40.0. The van der Waals surface area contributed by atoms with E-state index in [-0.39, 0.29) is 12.5 Å². The van der Waals surface area contributed by atoms with Crippen LogP contribution < -0.4 is 10.2 Å². The molecule has 0 atom stereocenters. The van der Waals surface area contributed by atoms with E-state index in [1.807, 2.05) is 57.2 Å². The van der Waals surface area contributed by atoms with E-state index in [1.54, 1.807) is 6.07 Å². The fraction of sp³-hybridized carbons (Fsp3) is 0.286. The first-order chi connectivity index (χ1) is 12.8. The lowest BCUT2D eigenvalue weighted by atomic mass is 10.1. The van der Waals surface area contributed by atoms with Crippen molar-refractivity contribution in [1.82, 2.24) is 4.90 Å². The van der Waals surface area contributed by atoms with E-state index in [2.05, 4.69) is 5.32 Å². The average Bonchev–Trinajstić information content (AvgIpc) is 2.62. The van der Waals surface area contributed by atoms with Gasteiger partial charge < -0.3 is 15.1 Å². The summed E-state index contributed by atoms with van der Waals surface area (Å²) in [6.07, 6.45) is 0. The van der Waals surface area contributed by atoms with Gasteiger partial charge in [0.25, 0.3) is 0 Å². The van der Waals surface area contributed by atoms with Crippen molar-refractivity contribution in [2.75, 3.05) is 29.9 Å². The van der Waals surface area contributed by atoms with E-state index in [0.717, 1.165) is 16.7 Å². The Morgan fingerprint density at radius 3 is 2.44 bits per heavy atom. The van der Waals surface area contributed by atoms with Crippen molar-refractivity contribution < 1.29 is 14.4 Å². The summed E-state index contributed by atoms with van der Waals surface area (Å²) in [7, 11) is 0.